The van der Waals surface area contributed by atoms with Crippen LogP contribution in [-0.4, -0.2) is 35.0 Å². The number of nitrogens with two attached hydrogens (primary N) is 2. The lowest BCUT2D eigenvalue weighted by Gasteiger charge is -2.49. The number of hydrogen-bond acceptors (Lipinski definition) is 5. The molecule has 3 fully saturated rings. The number of nitrogens with one attached hydrogen (secondary N) is 2. The van der Waals surface area contributed by atoms with Crippen molar-refractivity contribution in [3.05, 3.63) is 24.3 Å². The van der Waals surface area contributed by atoms with E-state index in [9.17, 15) is 13.8 Å². The van der Waals surface area contributed by atoms with Gasteiger partial charge in [0.15, 0.2) is 0 Å². The zero-order valence-corrected chi connectivity index (χ0v) is 21.7. The number of fused-ring (bicyclic) bond motifs is 2. The minimum atomic E-state index is -1.44. The van der Waals surface area contributed by atoms with Crippen molar-refractivity contribution in [3.8, 4) is 0 Å². The largest absolute Gasteiger partial charge is 0.398 e. The number of rotatable bonds is 6. The fourth-order valence-electron chi connectivity index (χ4n) is 6.52. The Bertz CT molecular complexity index is 887. The van der Waals surface area contributed by atoms with Gasteiger partial charge in [-0.3, -0.25) is 4.79 Å². The summed E-state index contributed by atoms with van der Waals surface area (Å²) < 4.78 is 15.2. The Morgan fingerprint density at radius 2 is 1.82 bits per heavy atom. The molecular formula is C26H42N4O3S. The molecule has 6 atom stereocenters. The van der Waals surface area contributed by atoms with Gasteiger partial charge in [-0.15, -0.1) is 0 Å². The number of carbonyl (C=O) groups is 2. The second kappa shape index (κ2) is 11.3. The molecule has 0 radical (unpaired) electrons. The number of carbonyl (C=O) groups excluding carboxylic acids is 2. The number of primary amides is 1. The lowest BCUT2D eigenvalue weighted by atomic mass is 9.57. The van der Waals surface area contributed by atoms with Gasteiger partial charge in [-0.1, -0.05) is 45.2 Å². The van der Waals surface area contributed by atoms with Gasteiger partial charge < -0.3 is 21.6 Å². The molecule has 1 aromatic rings. The fraction of sp³-hybridized carbons (Fsp3) is 0.692. The molecule has 8 heteroatoms. The van der Waals surface area contributed by atoms with E-state index in [-0.39, 0.29) is 11.3 Å². The molecule has 34 heavy (non-hydrogen) atoms. The van der Waals surface area contributed by atoms with Crippen LogP contribution in [0.15, 0.2) is 29.2 Å². The molecule has 190 valence electrons. The average Bonchev–Trinajstić information content (AvgIpc) is 2.80. The Balaban J connectivity index is 0.000000192. The van der Waals surface area contributed by atoms with Gasteiger partial charge in [0, 0.05) is 17.1 Å². The molecule has 3 aliphatic rings. The van der Waals surface area contributed by atoms with Crippen molar-refractivity contribution in [2.24, 2.45) is 28.9 Å². The molecule has 6 unspecified atom stereocenters. The van der Waals surface area contributed by atoms with Crippen LogP contribution in [0.25, 0.3) is 0 Å². The van der Waals surface area contributed by atoms with E-state index in [1.807, 2.05) is 7.05 Å². The van der Waals surface area contributed by atoms with E-state index in [4.69, 9.17) is 11.5 Å². The third-order valence-corrected chi connectivity index (χ3v) is 9.59. The smallest absolute Gasteiger partial charge is 0.223 e. The van der Waals surface area contributed by atoms with E-state index in [0.717, 1.165) is 57.1 Å². The summed E-state index contributed by atoms with van der Waals surface area (Å²) in [5, 5.41) is 3.43. The highest BCUT2D eigenvalue weighted by Crippen LogP contribution is 2.50. The van der Waals surface area contributed by atoms with Gasteiger partial charge >= 0.3 is 0 Å². The first kappa shape index (κ1) is 26.8. The van der Waals surface area contributed by atoms with E-state index in [1.165, 1.54) is 12.8 Å². The molecule has 4 rings (SSSR count). The van der Waals surface area contributed by atoms with Crippen molar-refractivity contribution in [1.29, 1.82) is 0 Å². The number of amides is 1. The molecule has 7 nitrogen and oxygen atoms in total. The molecule has 0 heterocycles. The van der Waals surface area contributed by atoms with Crippen LogP contribution < -0.4 is 21.5 Å². The minimum absolute atomic E-state index is 0.105. The second-order valence-electron chi connectivity index (χ2n) is 11.0. The summed E-state index contributed by atoms with van der Waals surface area (Å²) in [6, 6.07) is 7.59. The average molecular weight is 491 g/mol. The predicted molar refractivity (Wildman–Crippen MR) is 137 cm³/mol. The molecule has 0 saturated heterocycles. The molecule has 1 aromatic carbocycles. The van der Waals surface area contributed by atoms with Crippen LogP contribution >= 0.6 is 0 Å². The normalized spacial score (nSPS) is 33.1. The van der Waals surface area contributed by atoms with Gasteiger partial charge in [-0.25, -0.2) is 8.93 Å². The van der Waals surface area contributed by atoms with Gasteiger partial charge in [-0.2, -0.15) is 0 Å². The molecule has 3 saturated carbocycles. The van der Waals surface area contributed by atoms with Crippen molar-refractivity contribution >= 4 is 28.9 Å². The lowest BCUT2D eigenvalue weighted by Crippen LogP contribution is -2.52. The molecule has 2 bridgehead atoms. The maximum absolute atomic E-state index is 12.3. The van der Waals surface area contributed by atoms with Gasteiger partial charge in [-0.05, 0) is 75.5 Å². The first-order valence-electron chi connectivity index (χ1n) is 12.6. The van der Waals surface area contributed by atoms with Gasteiger partial charge in [0.1, 0.15) is 17.3 Å². The summed E-state index contributed by atoms with van der Waals surface area (Å²) >= 11 is 0. The fourth-order valence-corrected chi connectivity index (χ4v) is 7.74. The molecular weight excluding hydrogens is 448 g/mol. The molecule has 3 aliphatic carbocycles. The lowest BCUT2D eigenvalue weighted by molar-refractivity contribution is -0.132. The maximum atomic E-state index is 12.3. The highest BCUT2D eigenvalue weighted by molar-refractivity contribution is 7.83. The number of anilines is 1. The SMILES string of the molecule is CNC1C(C)CC2CC1CC(C)(C(N)=O)C2.Nc1ccccc1S(=O)NC1(C=O)CCCCC1. The summed E-state index contributed by atoms with van der Waals surface area (Å²) in [6.07, 6.45) is 10.0. The van der Waals surface area contributed by atoms with Crippen molar-refractivity contribution in [1.82, 2.24) is 10.0 Å². The monoisotopic (exact) mass is 490 g/mol. The second-order valence-corrected chi connectivity index (χ2v) is 12.1. The van der Waals surface area contributed by atoms with E-state index >= 15 is 0 Å². The number of para-hydroxylation sites is 1. The summed E-state index contributed by atoms with van der Waals surface area (Å²) in [7, 11) is 0.601. The van der Waals surface area contributed by atoms with Gasteiger partial charge in [0.2, 0.25) is 5.91 Å². The zero-order valence-electron chi connectivity index (χ0n) is 20.8. The Hall–Kier alpha value is -1.77. The number of nitrogen functional groups attached to an aromatic ring is 1. The van der Waals surface area contributed by atoms with E-state index in [1.54, 1.807) is 24.3 Å². The quantitative estimate of drug-likeness (QED) is 0.359. The molecule has 1 amide bonds. The zero-order chi connectivity index (χ0) is 24.9. The first-order valence-corrected chi connectivity index (χ1v) is 13.8. The van der Waals surface area contributed by atoms with Crippen LogP contribution in [0.5, 0.6) is 0 Å². The highest BCUT2D eigenvalue weighted by Gasteiger charge is 2.47. The van der Waals surface area contributed by atoms with Crippen molar-refractivity contribution in [2.75, 3.05) is 12.8 Å². The Labute approximate surface area is 206 Å². The van der Waals surface area contributed by atoms with Crippen LogP contribution in [-0.2, 0) is 20.6 Å². The van der Waals surface area contributed by atoms with Crippen LogP contribution in [0, 0.1) is 23.2 Å². The third-order valence-electron chi connectivity index (χ3n) is 8.23. The number of hydrogen-bond donors (Lipinski definition) is 4. The van der Waals surface area contributed by atoms with Crippen LogP contribution in [0.4, 0.5) is 5.69 Å². The van der Waals surface area contributed by atoms with Crippen molar-refractivity contribution in [2.45, 2.75) is 88.1 Å². The van der Waals surface area contributed by atoms with Gasteiger partial charge in [0.05, 0.1) is 10.4 Å². The summed E-state index contributed by atoms with van der Waals surface area (Å²) in [4.78, 5) is 23.4. The molecule has 6 N–H and O–H groups in total. The third kappa shape index (κ3) is 6.07. The number of benzene rings is 1. The first-order chi connectivity index (χ1) is 16.1. The Morgan fingerprint density at radius 3 is 2.41 bits per heavy atom. The Kier molecular flexibility index (Phi) is 8.93. The van der Waals surface area contributed by atoms with Crippen molar-refractivity contribution < 1.29 is 13.8 Å². The van der Waals surface area contributed by atoms with Crippen LogP contribution in [0.1, 0.15) is 71.6 Å². The van der Waals surface area contributed by atoms with Crippen LogP contribution in [0.2, 0.25) is 0 Å². The molecule has 0 aromatic heterocycles. The minimum Gasteiger partial charge on any atom is -0.398 e. The highest BCUT2D eigenvalue weighted by atomic mass is 32.2. The maximum Gasteiger partial charge on any atom is 0.223 e. The van der Waals surface area contributed by atoms with E-state index in [2.05, 4.69) is 23.9 Å². The van der Waals surface area contributed by atoms with Crippen LogP contribution in [0.3, 0.4) is 0 Å². The predicted octanol–water partition coefficient (Wildman–Crippen LogP) is 3.30. The van der Waals surface area contributed by atoms with E-state index < -0.39 is 16.5 Å². The summed E-state index contributed by atoms with van der Waals surface area (Å²) in [5.74, 6) is 1.96. The Morgan fingerprint density at radius 1 is 1.15 bits per heavy atom. The van der Waals surface area contributed by atoms with Crippen molar-refractivity contribution in [3.63, 3.8) is 0 Å². The standard InChI is InChI=1S/C13H18N2O2S.C13H24N2O/c14-11-6-2-3-7-12(11)18(17)15-13(10-16)8-4-1-5-9-13;1-8-4-9-5-10(11(8)15-3)7-13(2,6-9)12(14)16/h2-3,6-7,10,15H,1,4-5,8-9,14H2;8-11,15H,4-7H2,1-3H3,(H2,14,16). The molecule has 0 spiro atoms. The van der Waals surface area contributed by atoms with Gasteiger partial charge in [0.25, 0.3) is 0 Å². The topological polar surface area (TPSA) is 127 Å². The molecule has 0 aliphatic heterocycles. The summed E-state index contributed by atoms with van der Waals surface area (Å²) in [6.45, 7) is 4.38. The van der Waals surface area contributed by atoms with E-state index in [0.29, 0.717) is 28.5 Å². The number of aldehydes is 1. The summed E-state index contributed by atoms with van der Waals surface area (Å²) in [5.41, 5.74) is 10.9.